The number of hydrogen-bond acceptors (Lipinski definition) is 3. The van der Waals surface area contributed by atoms with E-state index in [2.05, 4.69) is 32.9 Å². The monoisotopic (exact) mass is 276 g/mol. The maximum Gasteiger partial charge on any atom is 0.239 e. The van der Waals surface area contributed by atoms with Crippen LogP contribution < -0.4 is 5.32 Å². The Labute approximate surface area is 120 Å². The number of hydrogen-bond donors (Lipinski definition) is 1. The molecule has 1 unspecified atom stereocenters. The number of piperidine rings is 1. The van der Waals surface area contributed by atoms with Gasteiger partial charge in [-0.15, -0.1) is 0 Å². The van der Waals surface area contributed by atoms with Crippen molar-refractivity contribution in [2.75, 3.05) is 19.6 Å². The molecule has 0 aliphatic carbocycles. The zero-order chi connectivity index (χ0) is 13.9. The molecule has 3 heterocycles. The van der Waals surface area contributed by atoms with E-state index in [4.69, 9.17) is 0 Å². The second kappa shape index (κ2) is 5.95. The van der Waals surface area contributed by atoms with Gasteiger partial charge in [0.25, 0.3) is 0 Å². The Bertz CT molecular complexity index is 464. The predicted octanol–water partition coefficient (Wildman–Crippen LogP) is 1.36. The standard InChI is InChI=1S/C15H24N4O/c1-2-14-17-8-10-19(14)12-5-4-9-18(11-12)15(20)13-6-3-7-16-13/h8,10,12-13,16H,2-7,9,11H2,1H3/t12?,13-/m0/s1. The first-order valence-corrected chi connectivity index (χ1v) is 7.83. The Kier molecular flexibility index (Phi) is 4.05. The van der Waals surface area contributed by atoms with Crippen molar-refractivity contribution in [3.63, 3.8) is 0 Å². The molecular weight excluding hydrogens is 252 g/mol. The van der Waals surface area contributed by atoms with Gasteiger partial charge in [-0.1, -0.05) is 6.92 Å². The van der Waals surface area contributed by atoms with Gasteiger partial charge in [-0.05, 0) is 32.2 Å². The van der Waals surface area contributed by atoms with Gasteiger partial charge in [-0.2, -0.15) is 0 Å². The summed E-state index contributed by atoms with van der Waals surface area (Å²) in [6, 6.07) is 0.453. The van der Waals surface area contributed by atoms with Gasteiger partial charge in [0.1, 0.15) is 5.82 Å². The molecule has 3 rings (SSSR count). The number of amides is 1. The van der Waals surface area contributed by atoms with Crippen molar-refractivity contribution in [1.29, 1.82) is 0 Å². The molecule has 1 aromatic rings. The van der Waals surface area contributed by atoms with Gasteiger partial charge in [0, 0.05) is 31.9 Å². The number of aryl methyl sites for hydroxylation is 1. The fourth-order valence-corrected chi connectivity index (χ4v) is 3.45. The largest absolute Gasteiger partial charge is 0.339 e. The van der Waals surface area contributed by atoms with Gasteiger partial charge < -0.3 is 14.8 Å². The Morgan fingerprint density at radius 2 is 2.35 bits per heavy atom. The first-order valence-electron chi connectivity index (χ1n) is 7.83. The van der Waals surface area contributed by atoms with Crippen molar-refractivity contribution in [2.45, 2.75) is 51.1 Å². The number of carbonyl (C=O) groups excluding carboxylic acids is 1. The van der Waals surface area contributed by atoms with Crippen LogP contribution in [0, 0.1) is 0 Å². The minimum Gasteiger partial charge on any atom is -0.339 e. The number of carbonyl (C=O) groups is 1. The Balaban J connectivity index is 1.68. The highest BCUT2D eigenvalue weighted by atomic mass is 16.2. The molecule has 1 N–H and O–H groups in total. The third-order valence-corrected chi connectivity index (χ3v) is 4.53. The second-order valence-corrected chi connectivity index (χ2v) is 5.83. The van der Waals surface area contributed by atoms with Crippen molar-refractivity contribution in [3.05, 3.63) is 18.2 Å². The highest BCUT2D eigenvalue weighted by Gasteiger charge is 2.31. The fraction of sp³-hybridized carbons (Fsp3) is 0.733. The maximum absolute atomic E-state index is 12.5. The zero-order valence-electron chi connectivity index (χ0n) is 12.2. The molecule has 0 bridgehead atoms. The Morgan fingerprint density at radius 3 is 3.10 bits per heavy atom. The molecule has 0 spiro atoms. The van der Waals surface area contributed by atoms with Gasteiger partial charge in [0.2, 0.25) is 5.91 Å². The van der Waals surface area contributed by atoms with Crippen molar-refractivity contribution in [3.8, 4) is 0 Å². The van der Waals surface area contributed by atoms with Gasteiger partial charge in [0.05, 0.1) is 12.1 Å². The molecule has 2 saturated heterocycles. The van der Waals surface area contributed by atoms with Gasteiger partial charge in [0.15, 0.2) is 0 Å². The lowest BCUT2D eigenvalue weighted by Crippen LogP contribution is -2.48. The summed E-state index contributed by atoms with van der Waals surface area (Å²) in [5.41, 5.74) is 0. The van der Waals surface area contributed by atoms with E-state index in [1.54, 1.807) is 0 Å². The summed E-state index contributed by atoms with van der Waals surface area (Å²) in [7, 11) is 0. The maximum atomic E-state index is 12.5. The summed E-state index contributed by atoms with van der Waals surface area (Å²) in [4.78, 5) is 19.0. The lowest BCUT2D eigenvalue weighted by molar-refractivity contribution is -0.134. The third-order valence-electron chi connectivity index (χ3n) is 4.53. The summed E-state index contributed by atoms with van der Waals surface area (Å²) < 4.78 is 2.27. The van der Waals surface area contributed by atoms with Crippen molar-refractivity contribution in [2.24, 2.45) is 0 Å². The van der Waals surface area contributed by atoms with Crippen molar-refractivity contribution in [1.82, 2.24) is 19.8 Å². The van der Waals surface area contributed by atoms with Gasteiger partial charge in [-0.25, -0.2) is 4.98 Å². The van der Waals surface area contributed by atoms with Crippen LogP contribution in [0.25, 0.3) is 0 Å². The SMILES string of the molecule is CCc1nccn1C1CCCN(C(=O)[C@@H]2CCCN2)C1. The lowest BCUT2D eigenvalue weighted by atomic mass is 10.0. The minimum atomic E-state index is 0.0576. The molecule has 2 fully saturated rings. The van der Waals surface area contributed by atoms with E-state index in [9.17, 15) is 4.79 Å². The quantitative estimate of drug-likeness (QED) is 0.907. The van der Waals surface area contributed by atoms with Crippen molar-refractivity contribution < 1.29 is 4.79 Å². The zero-order valence-corrected chi connectivity index (χ0v) is 12.2. The van der Waals surface area contributed by atoms with E-state index in [1.165, 1.54) is 0 Å². The number of nitrogens with one attached hydrogen (secondary N) is 1. The molecule has 1 aromatic heterocycles. The fourth-order valence-electron chi connectivity index (χ4n) is 3.45. The van der Waals surface area contributed by atoms with Crippen LogP contribution in [0.3, 0.4) is 0 Å². The normalized spacial score (nSPS) is 26.9. The molecule has 2 aliphatic heterocycles. The van der Waals surface area contributed by atoms with Crippen LogP contribution in [0.2, 0.25) is 0 Å². The summed E-state index contributed by atoms with van der Waals surface area (Å²) in [6.07, 6.45) is 9.22. The molecule has 0 aromatic carbocycles. The van der Waals surface area contributed by atoms with E-state index >= 15 is 0 Å². The highest BCUT2D eigenvalue weighted by Crippen LogP contribution is 2.24. The molecule has 5 nitrogen and oxygen atoms in total. The predicted molar refractivity (Wildman–Crippen MR) is 77.5 cm³/mol. The molecule has 20 heavy (non-hydrogen) atoms. The number of rotatable bonds is 3. The first kappa shape index (κ1) is 13.6. The summed E-state index contributed by atoms with van der Waals surface area (Å²) in [5, 5.41) is 3.32. The molecule has 0 saturated carbocycles. The average Bonchev–Trinajstić information content (AvgIpc) is 3.17. The second-order valence-electron chi connectivity index (χ2n) is 5.83. The van der Waals surface area contributed by atoms with E-state index in [1.807, 2.05) is 6.20 Å². The molecule has 110 valence electrons. The summed E-state index contributed by atoms with van der Waals surface area (Å²) in [5.74, 6) is 1.42. The van der Waals surface area contributed by atoms with Crippen LogP contribution in [-0.4, -0.2) is 46.0 Å². The van der Waals surface area contributed by atoms with E-state index in [0.717, 1.165) is 57.6 Å². The number of likely N-dealkylation sites (tertiary alicyclic amines) is 1. The Hall–Kier alpha value is -1.36. The van der Waals surface area contributed by atoms with E-state index in [0.29, 0.717) is 11.9 Å². The van der Waals surface area contributed by atoms with Crippen molar-refractivity contribution >= 4 is 5.91 Å². The third kappa shape index (κ3) is 2.59. The van der Waals surface area contributed by atoms with Crippen LogP contribution in [0.4, 0.5) is 0 Å². The molecule has 2 atom stereocenters. The number of imidazole rings is 1. The highest BCUT2D eigenvalue weighted by molar-refractivity contribution is 5.82. The van der Waals surface area contributed by atoms with E-state index in [-0.39, 0.29) is 6.04 Å². The molecular formula is C15H24N4O. The average molecular weight is 276 g/mol. The van der Waals surface area contributed by atoms with Crippen LogP contribution in [0.15, 0.2) is 12.4 Å². The molecule has 2 aliphatic rings. The number of aromatic nitrogens is 2. The Morgan fingerprint density at radius 1 is 1.45 bits per heavy atom. The first-order chi connectivity index (χ1) is 9.79. The van der Waals surface area contributed by atoms with E-state index < -0.39 is 0 Å². The summed E-state index contributed by atoms with van der Waals surface area (Å²) >= 11 is 0. The van der Waals surface area contributed by atoms with Crippen LogP contribution in [-0.2, 0) is 11.2 Å². The van der Waals surface area contributed by atoms with Crippen LogP contribution in [0.5, 0.6) is 0 Å². The molecule has 0 radical (unpaired) electrons. The smallest absolute Gasteiger partial charge is 0.239 e. The van der Waals surface area contributed by atoms with Gasteiger partial charge in [-0.3, -0.25) is 4.79 Å². The molecule has 5 heteroatoms. The number of nitrogens with zero attached hydrogens (tertiary/aromatic N) is 3. The topological polar surface area (TPSA) is 50.2 Å². The molecule has 1 amide bonds. The lowest BCUT2D eigenvalue weighted by Gasteiger charge is -2.35. The van der Waals surface area contributed by atoms with Crippen LogP contribution >= 0.6 is 0 Å². The minimum absolute atomic E-state index is 0.0576. The van der Waals surface area contributed by atoms with Gasteiger partial charge >= 0.3 is 0 Å². The van der Waals surface area contributed by atoms with Crippen LogP contribution in [0.1, 0.15) is 44.5 Å². The summed E-state index contributed by atoms with van der Waals surface area (Å²) in [6.45, 7) is 4.85.